The summed E-state index contributed by atoms with van der Waals surface area (Å²) in [4.78, 5) is 5.27. The molecule has 0 amide bonds. The van der Waals surface area contributed by atoms with Crippen LogP contribution in [0.25, 0.3) is 11.6 Å². The largest absolute Gasteiger partial charge is 0.496 e. The first kappa shape index (κ1) is 14.2. The molecule has 20 heavy (non-hydrogen) atoms. The maximum absolute atomic E-state index is 9.27. The van der Waals surface area contributed by atoms with Crippen molar-refractivity contribution in [2.24, 2.45) is 0 Å². The van der Waals surface area contributed by atoms with Gasteiger partial charge in [-0.1, -0.05) is 12.1 Å². The van der Waals surface area contributed by atoms with Crippen molar-refractivity contribution in [2.75, 3.05) is 13.4 Å². The summed E-state index contributed by atoms with van der Waals surface area (Å²) < 4.78 is 5.35. The smallest absolute Gasteiger partial charge is 0.132 e. The number of nitrogens with zero attached hydrogens (tertiary/aromatic N) is 2. The highest BCUT2D eigenvalue weighted by atomic mass is 32.2. The van der Waals surface area contributed by atoms with Gasteiger partial charge in [0.15, 0.2) is 0 Å². The first-order chi connectivity index (χ1) is 9.78. The summed E-state index contributed by atoms with van der Waals surface area (Å²) in [6, 6.07) is 13.6. The van der Waals surface area contributed by atoms with E-state index in [1.54, 1.807) is 25.1 Å². The number of nitriles is 1. The molecule has 0 spiro atoms. The molecular weight excluding hydrogens is 268 g/mol. The maximum atomic E-state index is 9.27. The van der Waals surface area contributed by atoms with Gasteiger partial charge in [-0.3, -0.25) is 4.98 Å². The minimum absolute atomic E-state index is 0.532. The Morgan fingerprint density at radius 1 is 1.35 bits per heavy atom. The first-order valence-corrected chi connectivity index (χ1v) is 7.26. The Labute approximate surface area is 122 Å². The molecule has 2 aromatic rings. The summed E-state index contributed by atoms with van der Waals surface area (Å²) in [6.07, 6.45) is 5.49. The predicted octanol–water partition coefficient (Wildman–Crippen LogP) is 3.88. The second-order valence-electron chi connectivity index (χ2n) is 4.00. The van der Waals surface area contributed by atoms with Crippen LogP contribution in [-0.4, -0.2) is 18.3 Å². The van der Waals surface area contributed by atoms with Crippen molar-refractivity contribution in [3.05, 3.63) is 53.9 Å². The molecule has 0 N–H and O–H groups in total. The van der Waals surface area contributed by atoms with Crippen LogP contribution >= 0.6 is 11.8 Å². The number of methoxy groups -OCH3 is 1. The van der Waals surface area contributed by atoms with Crippen molar-refractivity contribution in [1.29, 1.82) is 5.26 Å². The number of hydrogen-bond acceptors (Lipinski definition) is 4. The summed E-state index contributed by atoms with van der Waals surface area (Å²) in [5, 5.41) is 9.27. The Bertz CT molecular complexity index is 660. The fourth-order valence-electron chi connectivity index (χ4n) is 1.79. The normalized spacial score (nSPS) is 10.9. The Kier molecular flexibility index (Phi) is 4.80. The van der Waals surface area contributed by atoms with E-state index in [0.717, 1.165) is 16.2 Å². The number of aromatic nitrogens is 1. The molecule has 0 atom stereocenters. The maximum Gasteiger partial charge on any atom is 0.132 e. The van der Waals surface area contributed by atoms with E-state index in [2.05, 4.69) is 11.1 Å². The number of thioether (sulfide) groups is 1. The van der Waals surface area contributed by atoms with Gasteiger partial charge in [0, 0.05) is 11.1 Å². The van der Waals surface area contributed by atoms with Gasteiger partial charge in [-0.05, 0) is 42.2 Å². The molecule has 0 aliphatic rings. The van der Waals surface area contributed by atoms with Gasteiger partial charge in [0.2, 0.25) is 0 Å². The summed E-state index contributed by atoms with van der Waals surface area (Å²) in [5.41, 5.74) is 2.12. The Hall–Kier alpha value is -2.25. The van der Waals surface area contributed by atoms with E-state index in [1.165, 1.54) is 0 Å². The zero-order chi connectivity index (χ0) is 14.4. The Morgan fingerprint density at radius 2 is 2.20 bits per heavy atom. The lowest BCUT2D eigenvalue weighted by molar-refractivity contribution is 0.405. The molecule has 0 saturated heterocycles. The fourth-order valence-corrected chi connectivity index (χ4v) is 2.34. The number of pyridine rings is 1. The topological polar surface area (TPSA) is 45.9 Å². The van der Waals surface area contributed by atoms with Crippen LogP contribution in [0.4, 0.5) is 0 Å². The molecule has 0 bridgehead atoms. The lowest BCUT2D eigenvalue weighted by atomic mass is 10.1. The second kappa shape index (κ2) is 6.78. The van der Waals surface area contributed by atoms with Crippen molar-refractivity contribution in [3.63, 3.8) is 0 Å². The number of ether oxygens (including phenoxy) is 1. The highest BCUT2D eigenvalue weighted by molar-refractivity contribution is 7.98. The van der Waals surface area contributed by atoms with Gasteiger partial charge < -0.3 is 4.74 Å². The van der Waals surface area contributed by atoms with Crippen molar-refractivity contribution in [3.8, 4) is 11.8 Å². The van der Waals surface area contributed by atoms with Gasteiger partial charge in [-0.2, -0.15) is 5.26 Å². The van der Waals surface area contributed by atoms with E-state index >= 15 is 0 Å². The van der Waals surface area contributed by atoms with E-state index in [4.69, 9.17) is 4.74 Å². The molecule has 0 aliphatic carbocycles. The summed E-state index contributed by atoms with van der Waals surface area (Å²) >= 11 is 1.63. The van der Waals surface area contributed by atoms with Gasteiger partial charge >= 0.3 is 0 Å². The van der Waals surface area contributed by atoms with Crippen LogP contribution in [0.5, 0.6) is 5.75 Å². The molecule has 0 radical (unpaired) electrons. The van der Waals surface area contributed by atoms with Crippen LogP contribution in [0.2, 0.25) is 0 Å². The highest BCUT2D eigenvalue weighted by Gasteiger charge is 2.05. The predicted molar refractivity (Wildman–Crippen MR) is 82.5 cm³/mol. The molecule has 1 heterocycles. The highest BCUT2D eigenvalue weighted by Crippen LogP contribution is 2.29. The molecule has 1 aromatic carbocycles. The van der Waals surface area contributed by atoms with Crippen molar-refractivity contribution in [2.45, 2.75) is 4.90 Å². The molecule has 0 saturated carbocycles. The number of hydrogen-bond donors (Lipinski definition) is 0. The van der Waals surface area contributed by atoms with E-state index in [0.29, 0.717) is 11.3 Å². The Morgan fingerprint density at radius 3 is 2.80 bits per heavy atom. The third-order valence-corrected chi connectivity index (χ3v) is 3.56. The average Bonchev–Trinajstić information content (AvgIpc) is 2.53. The monoisotopic (exact) mass is 282 g/mol. The standard InChI is InChI=1S/C16H14N2OS/c1-19-15-10-12(6-7-16(15)20-2)9-13(11-17)14-5-3-4-8-18-14/h3-10H,1-2H3/b13-9-. The van der Waals surface area contributed by atoms with Crippen molar-refractivity contribution >= 4 is 23.4 Å². The summed E-state index contributed by atoms with van der Waals surface area (Å²) in [7, 11) is 1.65. The summed E-state index contributed by atoms with van der Waals surface area (Å²) in [6.45, 7) is 0. The number of allylic oxidation sites excluding steroid dienone is 1. The summed E-state index contributed by atoms with van der Waals surface area (Å²) in [5.74, 6) is 0.810. The first-order valence-electron chi connectivity index (χ1n) is 6.03. The molecule has 2 rings (SSSR count). The quantitative estimate of drug-likeness (QED) is 0.630. The van der Waals surface area contributed by atoms with Gasteiger partial charge in [0.25, 0.3) is 0 Å². The molecular formula is C16H14N2OS. The van der Waals surface area contributed by atoms with Crippen molar-refractivity contribution in [1.82, 2.24) is 4.98 Å². The van der Waals surface area contributed by atoms with Gasteiger partial charge in [0.05, 0.1) is 18.4 Å². The van der Waals surface area contributed by atoms with E-state index in [9.17, 15) is 5.26 Å². The molecule has 100 valence electrons. The van der Waals surface area contributed by atoms with Gasteiger partial charge in [-0.15, -0.1) is 11.8 Å². The molecule has 0 aliphatic heterocycles. The lowest BCUT2D eigenvalue weighted by Gasteiger charge is -2.07. The molecule has 0 unspecified atom stereocenters. The van der Waals surface area contributed by atoms with Crippen molar-refractivity contribution < 1.29 is 4.74 Å². The lowest BCUT2D eigenvalue weighted by Crippen LogP contribution is -1.89. The molecule has 3 nitrogen and oxygen atoms in total. The molecule has 4 heteroatoms. The van der Waals surface area contributed by atoms with Crippen LogP contribution < -0.4 is 4.74 Å². The second-order valence-corrected chi connectivity index (χ2v) is 4.85. The molecule has 0 fully saturated rings. The van der Waals surface area contributed by atoms with Crippen LogP contribution in [0, 0.1) is 11.3 Å². The van der Waals surface area contributed by atoms with E-state index in [1.807, 2.05) is 48.7 Å². The average molecular weight is 282 g/mol. The van der Waals surface area contributed by atoms with Gasteiger partial charge in [-0.25, -0.2) is 0 Å². The molecule has 1 aromatic heterocycles. The zero-order valence-corrected chi connectivity index (χ0v) is 12.1. The third kappa shape index (κ3) is 3.19. The number of benzene rings is 1. The minimum atomic E-state index is 0.532. The minimum Gasteiger partial charge on any atom is -0.496 e. The van der Waals surface area contributed by atoms with E-state index in [-0.39, 0.29) is 0 Å². The van der Waals surface area contributed by atoms with Gasteiger partial charge in [0.1, 0.15) is 11.8 Å². The Balaban J connectivity index is 2.41. The van der Waals surface area contributed by atoms with Crippen LogP contribution in [0.3, 0.4) is 0 Å². The van der Waals surface area contributed by atoms with Crippen LogP contribution in [0.15, 0.2) is 47.5 Å². The fraction of sp³-hybridized carbons (Fsp3) is 0.125. The third-order valence-electron chi connectivity index (χ3n) is 2.78. The van der Waals surface area contributed by atoms with Crippen LogP contribution in [0.1, 0.15) is 11.3 Å². The van der Waals surface area contributed by atoms with E-state index < -0.39 is 0 Å². The van der Waals surface area contributed by atoms with Crippen LogP contribution in [-0.2, 0) is 0 Å². The number of rotatable bonds is 4. The zero-order valence-electron chi connectivity index (χ0n) is 11.3. The SMILES string of the molecule is COc1cc(/C=C(/C#N)c2ccccn2)ccc1SC.